The highest BCUT2D eigenvalue weighted by molar-refractivity contribution is 6.32. The average molecular weight is 351 g/mol. The summed E-state index contributed by atoms with van der Waals surface area (Å²) in [6.45, 7) is 0.621. The summed E-state index contributed by atoms with van der Waals surface area (Å²) < 4.78 is 15.8. The van der Waals surface area contributed by atoms with E-state index in [4.69, 9.17) is 25.8 Å². The van der Waals surface area contributed by atoms with Gasteiger partial charge in [0.15, 0.2) is 0 Å². The Morgan fingerprint density at radius 1 is 1.08 bits per heavy atom. The first-order valence-electron chi connectivity index (χ1n) is 7.28. The molecule has 2 aromatic carbocycles. The van der Waals surface area contributed by atoms with Crippen LogP contribution in [0, 0.1) is 0 Å². The summed E-state index contributed by atoms with van der Waals surface area (Å²) in [6.07, 6.45) is 0. The summed E-state index contributed by atoms with van der Waals surface area (Å²) in [7, 11) is 3.08. The van der Waals surface area contributed by atoms with Crippen LogP contribution in [0.4, 0.5) is 10.5 Å². The highest BCUT2D eigenvalue weighted by Crippen LogP contribution is 2.28. The van der Waals surface area contributed by atoms with Crippen LogP contribution < -0.4 is 24.8 Å². The van der Waals surface area contributed by atoms with Gasteiger partial charge in [0.25, 0.3) is 0 Å². The highest BCUT2D eigenvalue weighted by Gasteiger charge is 2.09. The van der Waals surface area contributed by atoms with E-state index >= 15 is 0 Å². The number of hydrogen-bond donors (Lipinski definition) is 2. The summed E-state index contributed by atoms with van der Waals surface area (Å²) in [4.78, 5) is 12.0. The molecule has 0 spiro atoms. The predicted octanol–water partition coefficient (Wildman–Crippen LogP) is 3.56. The largest absolute Gasteiger partial charge is 0.497 e. The lowest BCUT2D eigenvalue weighted by Crippen LogP contribution is -2.32. The van der Waals surface area contributed by atoms with Crippen LogP contribution in [0.15, 0.2) is 42.5 Å². The Morgan fingerprint density at radius 2 is 1.88 bits per heavy atom. The van der Waals surface area contributed by atoms with Crippen LogP contribution in [-0.2, 0) is 0 Å². The molecule has 0 bridgehead atoms. The maximum Gasteiger partial charge on any atom is 0.319 e. The smallest absolute Gasteiger partial charge is 0.319 e. The van der Waals surface area contributed by atoms with Gasteiger partial charge in [0.1, 0.15) is 23.9 Å². The molecule has 2 N–H and O–H groups in total. The zero-order chi connectivity index (χ0) is 17.4. The first kappa shape index (κ1) is 17.7. The van der Waals surface area contributed by atoms with Gasteiger partial charge in [-0.25, -0.2) is 4.79 Å². The van der Waals surface area contributed by atoms with Gasteiger partial charge in [-0.3, -0.25) is 0 Å². The lowest BCUT2D eigenvalue weighted by Gasteiger charge is -2.13. The number of rotatable bonds is 7. The number of nitrogens with one attached hydrogen (secondary N) is 2. The van der Waals surface area contributed by atoms with Crippen LogP contribution in [0.3, 0.4) is 0 Å². The molecule has 0 aromatic heterocycles. The number of ether oxygens (including phenoxy) is 3. The lowest BCUT2D eigenvalue weighted by molar-refractivity contribution is 0.247. The normalized spacial score (nSPS) is 9.96. The van der Waals surface area contributed by atoms with Gasteiger partial charge < -0.3 is 24.8 Å². The summed E-state index contributed by atoms with van der Waals surface area (Å²) in [5.74, 6) is 1.74. The number of para-hydroxylation sites is 1. The van der Waals surface area contributed by atoms with Gasteiger partial charge in [0.2, 0.25) is 0 Å². The maximum atomic E-state index is 12.0. The monoisotopic (exact) mass is 350 g/mol. The quantitative estimate of drug-likeness (QED) is 0.749. The lowest BCUT2D eigenvalue weighted by atomic mass is 10.2. The number of benzene rings is 2. The average Bonchev–Trinajstić information content (AvgIpc) is 2.60. The minimum Gasteiger partial charge on any atom is -0.497 e. The fourth-order valence-corrected chi connectivity index (χ4v) is 2.16. The molecule has 2 aromatic rings. The highest BCUT2D eigenvalue weighted by atomic mass is 35.5. The Kier molecular flexibility index (Phi) is 6.57. The van der Waals surface area contributed by atoms with Crippen molar-refractivity contribution < 1.29 is 19.0 Å². The summed E-state index contributed by atoms with van der Waals surface area (Å²) in [5, 5.41) is 5.94. The first-order valence-corrected chi connectivity index (χ1v) is 7.66. The van der Waals surface area contributed by atoms with E-state index in [1.165, 1.54) is 7.11 Å². The maximum absolute atomic E-state index is 12.0. The van der Waals surface area contributed by atoms with Gasteiger partial charge in [-0.1, -0.05) is 23.7 Å². The van der Waals surface area contributed by atoms with Gasteiger partial charge in [0.05, 0.1) is 31.5 Å². The van der Waals surface area contributed by atoms with E-state index < -0.39 is 0 Å². The van der Waals surface area contributed by atoms with Gasteiger partial charge in [-0.2, -0.15) is 0 Å². The van der Waals surface area contributed by atoms with Gasteiger partial charge in [-0.15, -0.1) is 0 Å². The van der Waals surface area contributed by atoms with Crippen molar-refractivity contribution in [3.8, 4) is 17.2 Å². The van der Waals surface area contributed by atoms with Crippen LogP contribution in [0.25, 0.3) is 0 Å². The second-order valence-electron chi connectivity index (χ2n) is 4.73. The molecule has 0 saturated carbocycles. The molecular weight excluding hydrogens is 332 g/mol. The fraction of sp³-hybridized carbons (Fsp3) is 0.235. The molecule has 24 heavy (non-hydrogen) atoms. The van der Waals surface area contributed by atoms with Crippen molar-refractivity contribution in [3.05, 3.63) is 47.5 Å². The number of methoxy groups -OCH3 is 2. The van der Waals surface area contributed by atoms with Crippen molar-refractivity contribution >= 4 is 23.3 Å². The molecule has 0 radical (unpaired) electrons. The predicted molar refractivity (Wildman–Crippen MR) is 93.5 cm³/mol. The minimum absolute atomic E-state index is 0.298. The number of hydrogen-bond acceptors (Lipinski definition) is 4. The van der Waals surface area contributed by atoms with E-state index in [-0.39, 0.29) is 6.03 Å². The van der Waals surface area contributed by atoms with E-state index in [9.17, 15) is 4.79 Å². The molecule has 128 valence electrons. The van der Waals surface area contributed by atoms with Gasteiger partial charge in [0, 0.05) is 6.07 Å². The molecule has 0 unspecified atom stereocenters. The van der Waals surface area contributed by atoms with E-state index in [1.54, 1.807) is 37.4 Å². The zero-order valence-electron chi connectivity index (χ0n) is 13.5. The third-order valence-electron chi connectivity index (χ3n) is 3.14. The third kappa shape index (κ3) is 4.96. The fourth-order valence-electron chi connectivity index (χ4n) is 1.97. The number of urea groups is 1. The minimum atomic E-state index is -0.371. The Labute approximate surface area is 145 Å². The molecule has 0 aliphatic rings. The zero-order valence-corrected chi connectivity index (χ0v) is 14.2. The molecule has 0 fully saturated rings. The summed E-state index contributed by atoms with van der Waals surface area (Å²) in [6, 6.07) is 11.9. The summed E-state index contributed by atoms with van der Waals surface area (Å²) in [5.41, 5.74) is 0.515. The summed E-state index contributed by atoms with van der Waals surface area (Å²) >= 11 is 5.98. The number of amides is 2. The Bertz CT molecular complexity index is 694. The first-order chi connectivity index (χ1) is 11.6. The van der Waals surface area contributed by atoms with E-state index in [1.807, 2.05) is 12.1 Å². The SMILES string of the molecule is COc1ccc(OC)c(NC(=O)NCCOc2ccccc2Cl)c1. The Hall–Kier alpha value is -2.60. The molecular formula is C17H19ClN2O4. The second kappa shape index (κ2) is 8.88. The molecule has 0 saturated heterocycles. The Morgan fingerprint density at radius 3 is 2.58 bits per heavy atom. The van der Waals surface area contributed by atoms with Crippen molar-refractivity contribution in [2.45, 2.75) is 0 Å². The standard InChI is InChI=1S/C17H19ClN2O4/c1-22-12-7-8-16(23-2)14(11-12)20-17(21)19-9-10-24-15-6-4-3-5-13(15)18/h3-8,11H,9-10H2,1-2H3,(H2,19,20,21). The van der Waals surface area contributed by atoms with Gasteiger partial charge >= 0.3 is 6.03 Å². The molecule has 0 aliphatic heterocycles. The van der Waals surface area contributed by atoms with Crippen LogP contribution in [0.1, 0.15) is 0 Å². The number of halogens is 1. The Balaban J connectivity index is 1.82. The van der Waals surface area contributed by atoms with Crippen LogP contribution in [-0.4, -0.2) is 33.4 Å². The van der Waals surface area contributed by atoms with Crippen LogP contribution in [0.5, 0.6) is 17.2 Å². The number of carbonyl (C=O) groups excluding carboxylic acids is 1. The molecule has 0 aliphatic carbocycles. The molecule has 2 rings (SSSR count). The molecule has 2 amide bonds. The van der Waals surface area contributed by atoms with Crippen LogP contribution in [0.2, 0.25) is 5.02 Å². The van der Waals surface area contributed by atoms with Crippen molar-refractivity contribution in [2.24, 2.45) is 0 Å². The van der Waals surface area contributed by atoms with Crippen molar-refractivity contribution in [1.29, 1.82) is 0 Å². The number of anilines is 1. The van der Waals surface area contributed by atoms with Crippen molar-refractivity contribution in [3.63, 3.8) is 0 Å². The molecule has 7 heteroatoms. The van der Waals surface area contributed by atoms with Crippen molar-refractivity contribution in [1.82, 2.24) is 5.32 Å². The third-order valence-corrected chi connectivity index (χ3v) is 3.45. The van der Waals surface area contributed by atoms with E-state index in [2.05, 4.69) is 10.6 Å². The molecule has 0 atom stereocenters. The molecule has 0 heterocycles. The number of carbonyl (C=O) groups is 1. The van der Waals surface area contributed by atoms with Crippen LogP contribution >= 0.6 is 11.6 Å². The topological polar surface area (TPSA) is 68.8 Å². The molecule has 6 nitrogen and oxygen atoms in total. The van der Waals surface area contributed by atoms with E-state index in [0.717, 1.165) is 0 Å². The second-order valence-corrected chi connectivity index (χ2v) is 5.13. The van der Waals surface area contributed by atoms with Gasteiger partial charge in [-0.05, 0) is 24.3 Å². The van der Waals surface area contributed by atoms with Crippen molar-refractivity contribution in [2.75, 3.05) is 32.7 Å². The van der Waals surface area contributed by atoms with E-state index in [0.29, 0.717) is 41.1 Å².